The van der Waals surface area contributed by atoms with Crippen molar-refractivity contribution in [3.8, 4) is 11.6 Å². The van der Waals surface area contributed by atoms with Crippen molar-refractivity contribution in [1.82, 2.24) is 9.97 Å². The van der Waals surface area contributed by atoms with Crippen LogP contribution < -0.4 is 10.1 Å². The summed E-state index contributed by atoms with van der Waals surface area (Å²) in [5.41, 5.74) is 0.771. The molecule has 20 heavy (non-hydrogen) atoms. The summed E-state index contributed by atoms with van der Waals surface area (Å²) in [5.74, 6) is 1.44. The Morgan fingerprint density at radius 1 is 1.20 bits per heavy atom. The molecule has 4 nitrogen and oxygen atoms in total. The lowest BCUT2D eigenvalue weighted by Crippen LogP contribution is -2.07. The number of halogens is 1. The van der Waals surface area contributed by atoms with Gasteiger partial charge >= 0.3 is 0 Å². The number of nitrogens with one attached hydrogen (secondary N) is 1. The lowest BCUT2D eigenvalue weighted by Gasteiger charge is -2.13. The lowest BCUT2D eigenvalue weighted by molar-refractivity contribution is 0.422. The Hall–Kier alpha value is -2.17. The number of ether oxygens (including phenoxy) is 1. The molecule has 0 fully saturated rings. The fourth-order valence-electron chi connectivity index (χ4n) is 1.75. The zero-order chi connectivity index (χ0) is 14.5. The summed E-state index contributed by atoms with van der Waals surface area (Å²) < 4.78 is 19.2. The molecule has 1 heterocycles. The fourth-order valence-corrected chi connectivity index (χ4v) is 1.75. The van der Waals surface area contributed by atoms with Gasteiger partial charge in [0, 0.05) is 6.54 Å². The highest BCUT2D eigenvalue weighted by molar-refractivity contribution is 5.49. The zero-order valence-corrected chi connectivity index (χ0v) is 11.9. The first-order chi connectivity index (χ1) is 9.61. The van der Waals surface area contributed by atoms with E-state index in [2.05, 4.69) is 22.2 Å². The molecule has 1 aromatic heterocycles. The first kappa shape index (κ1) is 14.2. The molecule has 0 aliphatic rings. The number of para-hydroxylation sites is 1. The van der Waals surface area contributed by atoms with Gasteiger partial charge in [-0.05, 0) is 32.4 Å². The van der Waals surface area contributed by atoms with E-state index in [0.717, 1.165) is 24.3 Å². The van der Waals surface area contributed by atoms with Gasteiger partial charge in [0.15, 0.2) is 11.6 Å². The Balaban J connectivity index is 2.32. The van der Waals surface area contributed by atoms with Crippen LogP contribution in [0.25, 0.3) is 0 Å². The minimum Gasteiger partial charge on any atom is -0.435 e. The van der Waals surface area contributed by atoms with E-state index >= 15 is 0 Å². The van der Waals surface area contributed by atoms with Crippen molar-refractivity contribution in [2.45, 2.75) is 27.2 Å². The van der Waals surface area contributed by atoms with Crippen molar-refractivity contribution in [3.63, 3.8) is 0 Å². The van der Waals surface area contributed by atoms with Crippen LogP contribution in [0.15, 0.2) is 24.3 Å². The van der Waals surface area contributed by atoms with Gasteiger partial charge in [-0.1, -0.05) is 19.1 Å². The maximum atomic E-state index is 13.6. The Labute approximate surface area is 118 Å². The second-order valence-electron chi connectivity index (χ2n) is 4.51. The number of benzene rings is 1. The monoisotopic (exact) mass is 275 g/mol. The molecule has 0 spiro atoms. The number of aryl methyl sites for hydroxylation is 1. The summed E-state index contributed by atoms with van der Waals surface area (Å²) in [6.07, 6.45) is 0.992. The van der Waals surface area contributed by atoms with Crippen LogP contribution in [0.1, 0.15) is 24.7 Å². The highest BCUT2D eigenvalue weighted by atomic mass is 19.1. The van der Waals surface area contributed by atoms with Gasteiger partial charge in [-0.2, -0.15) is 4.98 Å². The van der Waals surface area contributed by atoms with Crippen molar-refractivity contribution in [3.05, 3.63) is 41.5 Å². The van der Waals surface area contributed by atoms with E-state index in [0.29, 0.717) is 11.7 Å². The number of nitrogens with zero attached hydrogens (tertiary/aromatic N) is 2. The van der Waals surface area contributed by atoms with Gasteiger partial charge in [0.2, 0.25) is 5.88 Å². The average Bonchev–Trinajstić information content (AvgIpc) is 2.43. The third-order valence-corrected chi connectivity index (χ3v) is 2.80. The molecule has 2 aromatic rings. The summed E-state index contributed by atoms with van der Waals surface area (Å²) in [4.78, 5) is 8.58. The van der Waals surface area contributed by atoms with Gasteiger partial charge in [0.1, 0.15) is 11.6 Å². The second-order valence-corrected chi connectivity index (χ2v) is 4.51. The van der Waals surface area contributed by atoms with Crippen LogP contribution in [-0.2, 0) is 0 Å². The smallest absolute Gasteiger partial charge is 0.227 e. The normalized spacial score (nSPS) is 10.4. The number of aromatic nitrogens is 2. The van der Waals surface area contributed by atoms with Crippen LogP contribution in [0.5, 0.6) is 11.6 Å². The topological polar surface area (TPSA) is 47.0 Å². The van der Waals surface area contributed by atoms with Gasteiger partial charge < -0.3 is 10.1 Å². The van der Waals surface area contributed by atoms with Gasteiger partial charge in [-0.15, -0.1) is 0 Å². The average molecular weight is 275 g/mol. The van der Waals surface area contributed by atoms with E-state index in [-0.39, 0.29) is 5.75 Å². The third-order valence-electron chi connectivity index (χ3n) is 2.80. The Morgan fingerprint density at radius 3 is 2.65 bits per heavy atom. The number of hydrogen-bond donors (Lipinski definition) is 1. The van der Waals surface area contributed by atoms with E-state index in [1.165, 1.54) is 6.07 Å². The van der Waals surface area contributed by atoms with Crippen LogP contribution >= 0.6 is 0 Å². The number of anilines is 1. The molecule has 0 bridgehead atoms. The fraction of sp³-hybridized carbons (Fsp3) is 0.333. The largest absolute Gasteiger partial charge is 0.435 e. The standard InChI is InChI=1S/C15H18FN3O/c1-4-9-17-14-10(2)15(19-11(3)18-14)20-13-8-6-5-7-12(13)16/h5-8H,4,9H2,1-3H3,(H,17,18,19). The van der Waals surface area contributed by atoms with Crippen LogP contribution in [0.3, 0.4) is 0 Å². The molecule has 0 amide bonds. The van der Waals surface area contributed by atoms with E-state index in [1.54, 1.807) is 25.1 Å². The summed E-state index contributed by atoms with van der Waals surface area (Å²) in [6.45, 7) is 6.53. The third kappa shape index (κ3) is 3.23. The molecular formula is C15H18FN3O. The van der Waals surface area contributed by atoms with E-state index < -0.39 is 5.82 Å². The number of hydrogen-bond acceptors (Lipinski definition) is 4. The molecule has 2 rings (SSSR count). The van der Waals surface area contributed by atoms with Gasteiger partial charge in [-0.3, -0.25) is 0 Å². The van der Waals surface area contributed by atoms with Gasteiger partial charge in [0.05, 0.1) is 5.56 Å². The first-order valence-electron chi connectivity index (χ1n) is 6.63. The molecule has 106 valence electrons. The predicted molar refractivity (Wildman–Crippen MR) is 76.8 cm³/mol. The molecule has 0 radical (unpaired) electrons. The molecule has 0 saturated carbocycles. The number of rotatable bonds is 5. The molecule has 5 heteroatoms. The van der Waals surface area contributed by atoms with E-state index in [1.807, 2.05) is 6.92 Å². The quantitative estimate of drug-likeness (QED) is 0.900. The molecule has 0 unspecified atom stereocenters. The molecule has 1 N–H and O–H groups in total. The molecular weight excluding hydrogens is 257 g/mol. The maximum absolute atomic E-state index is 13.6. The van der Waals surface area contributed by atoms with Crippen LogP contribution in [0.4, 0.5) is 10.2 Å². The molecule has 0 saturated heterocycles. The van der Waals surface area contributed by atoms with E-state index in [4.69, 9.17) is 4.74 Å². The SMILES string of the molecule is CCCNc1nc(C)nc(Oc2ccccc2F)c1C. The highest BCUT2D eigenvalue weighted by Gasteiger charge is 2.12. The first-order valence-corrected chi connectivity index (χ1v) is 6.63. The van der Waals surface area contributed by atoms with Crippen molar-refractivity contribution < 1.29 is 9.13 Å². The minimum atomic E-state index is -0.411. The zero-order valence-electron chi connectivity index (χ0n) is 11.9. The highest BCUT2D eigenvalue weighted by Crippen LogP contribution is 2.28. The summed E-state index contributed by atoms with van der Waals surface area (Å²) in [7, 11) is 0. The Morgan fingerprint density at radius 2 is 1.95 bits per heavy atom. The van der Waals surface area contributed by atoms with Crippen LogP contribution in [0, 0.1) is 19.7 Å². The lowest BCUT2D eigenvalue weighted by atomic mass is 10.3. The van der Waals surface area contributed by atoms with Crippen LogP contribution in [-0.4, -0.2) is 16.5 Å². The van der Waals surface area contributed by atoms with Crippen LogP contribution in [0.2, 0.25) is 0 Å². The molecule has 0 atom stereocenters. The minimum absolute atomic E-state index is 0.162. The van der Waals surface area contributed by atoms with Crippen molar-refractivity contribution in [1.29, 1.82) is 0 Å². The maximum Gasteiger partial charge on any atom is 0.227 e. The predicted octanol–water partition coefficient (Wildman–Crippen LogP) is 3.85. The van der Waals surface area contributed by atoms with Crippen molar-refractivity contribution >= 4 is 5.82 Å². The van der Waals surface area contributed by atoms with Crippen molar-refractivity contribution in [2.75, 3.05) is 11.9 Å². The Kier molecular flexibility index (Phi) is 4.50. The molecule has 1 aromatic carbocycles. The van der Waals surface area contributed by atoms with E-state index in [9.17, 15) is 4.39 Å². The molecule has 0 aliphatic heterocycles. The van der Waals surface area contributed by atoms with Gasteiger partial charge in [-0.25, -0.2) is 9.37 Å². The summed E-state index contributed by atoms with van der Waals surface area (Å²) >= 11 is 0. The summed E-state index contributed by atoms with van der Waals surface area (Å²) in [5, 5.41) is 3.22. The van der Waals surface area contributed by atoms with Crippen molar-refractivity contribution in [2.24, 2.45) is 0 Å². The van der Waals surface area contributed by atoms with Gasteiger partial charge in [0.25, 0.3) is 0 Å². The molecule has 0 aliphatic carbocycles. The Bertz CT molecular complexity index is 602. The summed E-state index contributed by atoms with van der Waals surface area (Å²) in [6, 6.07) is 6.27. The second kappa shape index (κ2) is 6.32.